The van der Waals surface area contributed by atoms with Gasteiger partial charge in [0.2, 0.25) is 5.91 Å². The molecule has 0 bridgehead atoms. The van der Waals surface area contributed by atoms with Crippen LogP contribution in [0.2, 0.25) is 0 Å². The number of carbonyl (C=O) groups excluding carboxylic acids is 2. The van der Waals surface area contributed by atoms with E-state index in [4.69, 9.17) is 0 Å². The van der Waals surface area contributed by atoms with Gasteiger partial charge in [0, 0.05) is 22.7 Å². The van der Waals surface area contributed by atoms with Crippen molar-refractivity contribution in [3.05, 3.63) is 46.7 Å². The minimum absolute atomic E-state index is 0.119. The zero-order chi connectivity index (χ0) is 17.0. The predicted octanol–water partition coefficient (Wildman–Crippen LogP) is 3.08. The van der Waals surface area contributed by atoms with E-state index in [1.54, 1.807) is 20.0 Å². The fraction of sp³-hybridized carbons (Fsp3) is 0.312. The van der Waals surface area contributed by atoms with E-state index >= 15 is 0 Å². The molecular formula is C16H18FN3O2S. The quantitative estimate of drug-likeness (QED) is 0.913. The van der Waals surface area contributed by atoms with Gasteiger partial charge in [-0.25, -0.2) is 9.37 Å². The summed E-state index contributed by atoms with van der Waals surface area (Å²) in [5, 5.41) is 3.16. The number of carbonyl (C=O) groups is 2. The Balaban J connectivity index is 2.09. The zero-order valence-electron chi connectivity index (χ0n) is 13.2. The summed E-state index contributed by atoms with van der Waals surface area (Å²) in [7, 11) is 0. The molecule has 0 saturated carbocycles. The maximum Gasteiger partial charge on any atom is 0.254 e. The first-order valence-electron chi connectivity index (χ1n) is 7.15. The summed E-state index contributed by atoms with van der Waals surface area (Å²) >= 11 is 1.36. The number of halogens is 1. The molecule has 0 radical (unpaired) electrons. The van der Waals surface area contributed by atoms with Crippen molar-refractivity contribution in [2.45, 2.75) is 26.8 Å². The van der Waals surface area contributed by atoms with E-state index in [1.165, 1.54) is 40.5 Å². The Hall–Kier alpha value is -2.28. The highest BCUT2D eigenvalue weighted by atomic mass is 32.1. The zero-order valence-corrected chi connectivity index (χ0v) is 14.0. The van der Waals surface area contributed by atoms with Gasteiger partial charge in [0.25, 0.3) is 5.91 Å². The average Bonchev–Trinajstić information content (AvgIpc) is 2.89. The lowest BCUT2D eigenvalue weighted by atomic mass is 10.1. The summed E-state index contributed by atoms with van der Waals surface area (Å²) in [5.74, 6) is -1.20. The van der Waals surface area contributed by atoms with Crippen LogP contribution in [0.25, 0.3) is 0 Å². The Morgan fingerprint density at radius 2 is 2.13 bits per heavy atom. The summed E-state index contributed by atoms with van der Waals surface area (Å²) in [4.78, 5) is 31.1. The van der Waals surface area contributed by atoms with Gasteiger partial charge in [0.15, 0.2) is 5.13 Å². The molecular weight excluding hydrogens is 317 g/mol. The number of rotatable bonds is 5. The molecule has 1 heterocycles. The predicted molar refractivity (Wildman–Crippen MR) is 88.1 cm³/mol. The molecule has 7 heteroatoms. The number of nitrogens with one attached hydrogen (secondary N) is 1. The molecule has 0 aliphatic carbocycles. The Labute approximate surface area is 138 Å². The molecule has 2 aromatic rings. The molecule has 5 nitrogen and oxygen atoms in total. The first kappa shape index (κ1) is 17.1. The molecule has 0 aliphatic heterocycles. The second-order valence-electron chi connectivity index (χ2n) is 5.36. The number of hydrogen-bond donors (Lipinski definition) is 1. The number of nitrogens with zero attached hydrogens (tertiary/aromatic N) is 2. The minimum atomic E-state index is -0.484. The summed E-state index contributed by atoms with van der Waals surface area (Å²) in [6.07, 6.45) is 1.67. The number of aryl methyl sites for hydroxylation is 1. The van der Waals surface area contributed by atoms with Crippen molar-refractivity contribution in [1.82, 2.24) is 9.88 Å². The van der Waals surface area contributed by atoms with Crippen molar-refractivity contribution < 1.29 is 14.0 Å². The third-order valence-corrected chi connectivity index (χ3v) is 3.97. The molecule has 122 valence electrons. The number of amides is 2. The molecule has 0 aliphatic rings. The molecule has 1 N–H and O–H groups in total. The molecule has 23 heavy (non-hydrogen) atoms. The molecule has 2 rings (SSSR count). The van der Waals surface area contributed by atoms with E-state index in [0.29, 0.717) is 5.13 Å². The summed E-state index contributed by atoms with van der Waals surface area (Å²) in [5.41, 5.74) is 0.219. The number of hydrogen-bond acceptors (Lipinski definition) is 4. The number of benzene rings is 1. The molecule has 0 saturated heterocycles. The van der Waals surface area contributed by atoms with Gasteiger partial charge in [0.05, 0.1) is 0 Å². The molecule has 0 fully saturated rings. The Bertz CT molecular complexity index is 715. The highest BCUT2D eigenvalue weighted by Crippen LogP contribution is 2.17. The second kappa shape index (κ2) is 7.32. The van der Waals surface area contributed by atoms with Crippen molar-refractivity contribution >= 4 is 28.3 Å². The van der Waals surface area contributed by atoms with Gasteiger partial charge >= 0.3 is 0 Å². The third kappa shape index (κ3) is 4.59. The maximum absolute atomic E-state index is 13.3. The first-order valence-corrected chi connectivity index (χ1v) is 7.97. The van der Waals surface area contributed by atoms with Gasteiger partial charge in [-0.05, 0) is 39.0 Å². The van der Waals surface area contributed by atoms with Crippen LogP contribution in [-0.4, -0.2) is 34.3 Å². The molecule has 1 aromatic heterocycles. The molecule has 1 aromatic carbocycles. The fourth-order valence-corrected chi connectivity index (χ4v) is 2.68. The lowest BCUT2D eigenvalue weighted by molar-refractivity contribution is -0.117. The third-order valence-electron chi connectivity index (χ3n) is 3.14. The van der Waals surface area contributed by atoms with E-state index in [-0.39, 0.29) is 30.0 Å². The van der Waals surface area contributed by atoms with Crippen LogP contribution in [0.3, 0.4) is 0 Å². The van der Waals surface area contributed by atoms with Crippen molar-refractivity contribution in [1.29, 1.82) is 0 Å². The molecule has 0 spiro atoms. The smallest absolute Gasteiger partial charge is 0.254 e. The van der Waals surface area contributed by atoms with Crippen molar-refractivity contribution in [2.24, 2.45) is 0 Å². The van der Waals surface area contributed by atoms with Gasteiger partial charge < -0.3 is 10.2 Å². The van der Waals surface area contributed by atoms with Crippen molar-refractivity contribution in [3.8, 4) is 0 Å². The molecule has 0 atom stereocenters. The van der Waals surface area contributed by atoms with Crippen LogP contribution in [0.5, 0.6) is 0 Å². The lowest BCUT2D eigenvalue weighted by Crippen LogP contribution is -2.42. The van der Waals surface area contributed by atoms with Crippen LogP contribution in [0.15, 0.2) is 30.5 Å². The number of thiazole rings is 1. The van der Waals surface area contributed by atoms with Crippen LogP contribution in [-0.2, 0) is 4.79 Å². The summed E-state index contributed by atoms with van der Waals surface area (Å²) in [6.45, 7) is 5.38. The van der Waals surface area contributed by atoms with E-state index in [1.807, 2.05) is 6.92 Å². The number of anilines is 1. The molecule has 0 unspecified atom stereocenters. The van der Waals surface area contributed by atoms with Crippen LogP contribution >= 0.6 is 11.3 Å². The maximum atomic E-state index is 13.3. The highest BCUT2D eigenvalue weighted by Gasteiger charge is 2.22. The second-order valence-corrected chi connectivity index (χ2v) is 6.60. The topological polar surface area (TPSA) is 62.3 Å². The van der Waals surface area contributed by atoms with Gasteiger partial charge in [-0.15, -0.1) is 11.3 Å². The van der Waals surface area contributed by atoms with Crippen LogP contribution in [0.4, 0.5) is 9.52 Å². The SMILES string of the molecule is Cc1cnc(NC(=O)CN(C(=O)c2cccc(F)c2)C(C)C)s1. The Morgan fingerprint density at radius 3 is 2.70 bits per heavy atom. The number of aromatic nitrogens is 1. The minimum Gasteiger partial charge on any atom is -0.327 e. The monoisotopic (exact) mass is 335 g/mol. The van der Waals surface area contributed by atoms with Crippen LogP contribution in [0, 0.1) is 12.7 Å². The largest absolute Gasteiger partial charge is 0.327 e. The highest BCUT2D eigenvalue weighted by molar-refractivity contribution is 7.15. The summed E-state index contributed by atoms with van der Waals surface area (Å²) < 4.78 is 13.3. The molecule has 2 amide bonds. The van der Waals surface area contributed by atoms with E-state index in [9.17, 15) is 14.0 Å². The van der Waals surface area contributed by atoms with Crippen molar-refractivity contribution in [3.63, 3.8) is 0 Å². The normalized spacial score (nSPS) is 10.7. The standard InChI is InChI=1S/C16H18FN3O2S/c1-10(2)20(15(22)12-5-4-6-13(17)7-12)9-14(21)19-16-18-8-11(3)23-16/h4-8,10H,9H2,1-3H3,(H,18,19,21). The van der Waals surface area contributed by atoms with Crippen molar-refractivity contribution in [2.75, 3.05) is 11.9 Å². The lowest BCUT2D eigenvalue weighted by Gasteiger charge is -2.26. The first-order chi connectivity index (χ1) is 10.9. The Kier molecular flexibility index (Phi) is 5.44. The van der Waals surface area contributed by atoms with E-state index < -0.39 is 5.82 Å². The Morgan fingerprint density at radius 1 is 1.39 bits per heavy atom. The van der Waals surface area contributed by atoms with Gasteiger partial charge in [-0.1, -0.05) is 6.07 Å². The summed E-state index contributed by atoms with van der Waals surface area (Å²) in [6, 6.07) is 5.24. The van der Waals surface area contributed by atoms with E-state index in [2.05, 4.69) is 10.3 Å². The van der Waals surface area contributed by atoms with Crippen LogP contribution < -0.4 is 5.32 Å². The van der Waals surface area contributed by atoms with Gasteiger partial charge in [-0.3, -0.25) is 9.59 Å². The average molecular weight is 335 g/mol. The van der Waals surface area contributed by atoms with Crippen LogP contribution in [0.1, 0.15) is 29.1 Å². The van der Waals surface area contributed by atoms with E-state index in [0.717, 1.165) is 4.88 Å². The van der Waals surface area contributed by atoms with Gasteiger partial charge in [-0.2, -0.15) is 0 Å². The van der Waals surface area contributed by atoms with Gasteiger partial charge in [0.1, 0.15) is 12.4 Å². The fourth-order valence-electron chi connectivity index (χ4n) is 2.00.